The molecule has 2 N–H and O–H groups in total. The van der Waals surface area contributed by atoms with Gasteiger partial charge >= 0.3 is 5.63 Å². The Hall–Kier alpha value is -3.67. The Morgan fingerprint density at radius 3 is 2.59 bits per heavy atom. The maximum Gasteiger partial charge on any atom is 0.349 e. The van der Waals surface area contributed by atoms with Crippen molar-refractivity contribution in [3.05, 3.63) is 91.6 Å². The van der Waals surface area contributed by atoms with E-state index in [1.54, 1.807) is 24.3 Å². The highest BCUT2D eigenvalue weighted by atomic mass is 16.4. The van der Waals surface area contributed by atoms with Crippen molar-refractivity contribution in [2.24, 2.45) is 0 Å². The maximum absolute atomic E-state index is 12.4. The van der Waals surface area contributed by atoms with Gasteiger partial charge in [-0.05, 0) is 67.1 Å². The van der Waals surface area contributed by atoms with Crippen LogP contribution in [0.5, 0.6) is 0 Å². The van der Waals surface area contributed by atoms with Crippen LogP contribution >= 0.6 is 0 Å². The molecule has 0 spiro atoms. The predicted octanol–water partition coefficient (Wildman–Crippen LogP) is 3.22. The number of para-hydroxylation sites is 1. The van der Waals surface area contributed by atoms with Crippen molar-refractivity contribution in [3.63, 3.8) is 0 Å². The summed E-state index contributed by atoms with van der Waals surface area (Å²) in [4.78, 5) is 39.7. The van der Waals surface area contributed by atoms with Crippen molar-refractivity contribution in [2.45, 2.75) is 20.3 Å². The molecule has 2 aromatic heterocycles. The van der Waals surface area contributed by atoms with Gasteiger partial charge in [-0.2, -0.15) is 0 Å². The quantitative estimate of drug-likeness (QED) is 0.525. The molecule has 2 aromatic carbocycles. The van der Waals surface area contributed by atoms with E-state index in [4.69, 9.17) is 4.42 Å². The number of aromatic nitrogens is 1. The van der Waals surface area contributed by atoms with Crippen LogP contribution in [0.2, 0.25) is 0 Å². The fraction of sp³-hybridized carbons (Fsp3) is 0.174. The molecule has 0 saturated carbocycles. The van der Waals surface area contributed by atoms with Crippen LogP contribution in [0.15, 0.2) is 62.5 Å². The minimum absolute atomic E-state index is 0.0535. The topological polar surface area (TPSA) is 92.2 Å². The molecule has 0 aliphatic heterocycles. The van der Waals surface area contributed by atoms with Gasteiger partial charge < -0.3 is 14.7 Å². The molecule has 0 saturated heterocycles. The van der Waals surface area contributed by atoms with Gasteiger partial charge in [-0.3, -0.25) is 9.59 Å². The van der Waals surface area contributed by atoms with Gasteiger partial charge in [0.2, 0.25) is 0 Å². The summed E-state index contributed by atoms with van der Waals surface area (Å²) in [6, 6.07) is 14.4. The standard InChI is InChI=1S/C23H20N2O4/c1-13-9-17-11-16(21(26)25-19(17)10-14(13)2)7-8-24-22(27)18-12-15-5-3-4-6-20(15)29-23(18)28/h3-6,9-12H,7-8H2,1-2H3,(H,24,27)(H,25,26). The van der Waals surface area contributed by atoms with E-state index < -0.39 is 11.5 Å². The number of amides is 1. The van der Waals surface area contributed by atoms with Crippen LogP contribution in [0.4, 0.5) is 0 Å². The zero-order valence-corrected chi connectivity index (χ0v) is 16.2. The highest BCUT2D eigenvalue weighted by Crippen LogP contribution is 2.17. The molecule has 2 heterocycles. The monoisotopic (exact) mass is 388 g/mol. The van der Waals surface area contributed by atoms with Gasteiger partial charge in [-0.15, -0.1) is 0 Å². The summed E-state index contributed by atoms with van der Waals surface area (Å²) in [5, 5.41) is 4.32. The van der Waals surface area contributed by atoms with Crippen LogP contribution < -0.4 is 16.5 Å². The lowest BCUT2D eigenvalue weighted by Crippen LogP contribution is -2.30. The van der Waals surface area contributed by atoms with Crippen LogP contribution in [-0.4, -0.2) is 17.4 Å². The number of H-pyrrole nitrogens is 1. The van der Waals surface area contributed by atoms with Gasteiger partial charge in [0, 0.05) is 23.0 Å². The van der Waals surface area contributed by atoms with Crippen LogP contribution in [0.25, 0.3) is 21.9 Å². The Bertz CT molecular complexity index is 1370. The van der Waals surface area contributed by atoms with E-state index in [-0.39, 0.29) is 17.7 Å². The molecular weight excluding hydrogens is 368 g/mol. The first-order valence-corrected chi connectivity index (χ1v) is 9.36. The van der Waals surface area contributed by atoms with Gasteiger partial charge in [-0.1, -0.05) is 18.2 Å². The third-order valence-electron chi connectivity index (χ3n) is 5.10. The molecule has 0 aliphatic rings. The van der Waals surface area contributed by atoms with Crippen LogP contribution in [0, 0.1) is 13.8 Å². The Balaban J connectivity index is 1.51. The summed E-state index contributed by atoms with van der Waals surface area (Å²) in [6.45, 7) is 4.25. The predicted molar refractivity (Wildman–Crippen MR) is 113 cm³/mol. The second-order valence-corrected chi connectivity index (χ2v) is 7.14. The van der Waals surface area contributed by atoms with Crippen molar-refractivity contribution < 1.29 is 9.21 Å². The lowest BCUT2D eigenvalue weighted by atomic mass is 10.0. The summed E-state index contributed by atoms with van der Waals surface area (Å²) in [5.74, 6) is -0.520. The molecule has 0 atom stereocenters. The van der Waals surface area contributed by atoms with Gasteiger partial charge in [0.15, 0.2) is 0 Å². The van der Waals surface area contributed by atoms with Gasteiger partial charge in [0.1, 0.15) is 11.1 Å². The van der Waals surface area contributed by atoms with E-state index in [9.17, 15) is 14.4 Å². The van der Waals surface area contributed by atoms with E-state index in [1.807, 2.05) is 32.0 Å². The van der Waals surface area contributed by atoms with Crippen molar-refractivity contribution in [1.29, 1.82) is 0 Å². The SMILES string of the molecule is Cc1cc2cc(CCNC(=O)c3cc4ccccc4oc3=O)c(=O)[nH]c2cc1C. The molecule has 29 heavy (non-hydrogen) atoms. The third-order valence-corrected chi connectivity index (χ3v) is 5.10. The van der Waals surface area contributed by atoms with E-state index >= 15 is 0 Å². The Morgan fingerprint density at radius 1 is 1.00 bits per heavy atom. The number of fused-ring (bicyclic) bond motifs is 2. The Morgan fingerprint density at radius 2 is 1.76 bits per heavy atom. The van der Waals surface area contributed by atoms with Crippen LogP contribution in [0.1, 0.15) is 27.0 Å². The van der Waals surface area contributed by atoms with Crippen molar-refractivity contribution in [3.8, 4) is 0 Å². The number of carbonyl (C=O) groups is 1. The Labute approximate surface area is 166 Å². The zero-order chi connectivity index (χ0) is 20.5. The smallest absolute Gasteiger partial charge is 0.349 e. The molecule has 0 radical (unpaired) electrons. The zero-order valence-electron chi connectivity index (χ0n) is 16.2. The molecule has 146 valence electrons. The maximum atomic E-state index is 12.4. The normalized spacial score (nSPS) is 11.1. The molecule has 4 aromatic rings. The minimum Gasteiger partial charge on any atom is -0.422 e. The van der Waals surface area contributed by atoms with Crippen molar-refractivity contribution >= 4 is 27.8 Å². The molecule has 0 fully saturated rings. The summed E-state index contributed by atoms with van der Waals surface area (Å²) >= 11 is 0. The molecular formula is C23H20N2O4. The number of hydrogen-bond acceptors (Lipinski definition) is 4. The van der Waals surface area contributed by atoms with E-state index in [1.165, 1.54) is 6.07 Å². The van der Waals surface area contributed by atoms with Crippen molar-refractivity contribution in [1.82, 2.24) is 10.3 Å². The van der Waals surface area contributed by atoms with E-state index in [2.05, 4.69) is 10.3 Å². The summed E-state index contributed by atoms with van der Waals surface area (Å²) in [7, 11) is 0. The third kappa shape index (κ3) is 3.69. The number of rotatable bonds is 4. The number of nitrogens with one attached hydrogen (secondary N) is 2. The molecule has 0 unspecified atom stereocenters. The van der Waals surface area contributed by atoms with Gasteiger partial charge in [0.05, 0.1) is 0 Å². The summed E-state index contributed by atoms with van der Waals surface area (Å²) < 4.78 is 5.20. The Kier molecular flexibility index (Phi) is 4.76. The number of hydrogen-bond donors (Lipinski definition) is 2. The molecule has 0 aliphatic carbocycles. The van der Waals surface area contributed by atoms with E-state index in [0.29, 0.717) is 23.0 Å². The van der Waals surface area contributed by atoms with Gasteiger partial charge in [0.25, 0.3) is 11.5 Å². The van der Waals surface area contributed by atoms with Crippen LogP contribution in [0.3, 0.4) is 0 Å². The number of carbonyl (C=O) groups excluding carboxylic acids is 1. The molecule has 1 amide bonds. The van der Waals surface area contributed by atoms with Gasteiger partial charge in [-0.25, -0.2) is 4.79 Å². The van der Waals surface area contributed by atoms with Crippen LogP contribution in [-0.2, 0) is 6.42 Å². The second-order valence-electron chi connectivity index (χ2n) is 7.14. The highest BCUT2D eigenvalue weighted by molar-refractivity contribution is 5.96. The molecule has 4 rings (SSSR count). The largest absolute Gasteiger partial charge is 0.422 e. The fourth-order valence-electron chi connectivity index (χ4n) is 3.33. The molecule has 0 bridgehead atoms. The van der Waals surface area contributed by atoms with E-state index in [0.717, 1.165) is 22.0 Å². The lowest BCUT2D eigenvalue weighted by molar-refractivity contribution is 0.0950. The average molecular weight is 388 g/mol. The molecule has 6 heteroatoms. The first-order valence-electron chi connectivity index (χ1n) is 9.36. The fourth-order valence-corrected chi connectivity index (χ4v) is 3.33. The lowest BCUT2D eigenvalue weighted by Gasteiger charge is -2.08. The highest BCUT2D eigenvalue weighted by Gasteiger charge is 2.13. The number of aromatic amines is 1. The number of pyridine rings is 1. The van der Waals surface area contributed by atoms with Crippen molar-refractivity contribution in [2.75, 3.05) is 6.54 Å². The first-order chi connectivity index (χ1) is 13.9. The number of aryl methyl sites for hydroxylation is 2. The summed E-state index contributed by atoms with van der Waals surface area (Å²) in [6.07, 6.45) is 0.350. The summed E-state index contributed by atoms with van der Waals surface area (Å²) in [5.41, 5.74) is 3.14. The second kappa shape index (κ2) is 7.39. The number of benzene rings is 2. The molecule has 6 nitrogen and oxygen atoms in total. The minimum atomic E-state index is -0.685. The average Bonchev–Trinajstić information content (AvgIpc) is 2.69. The first kappa shape index (κ1) is 18.7.